The molecular weight excluding hydrogens is 358 g/mol. The zero-order valence-corrected chi connectivity index (χ0v) is 17.6. The van der Waals surface area contributed by atoms with E-state index in [1.54, 1.807) is 27.7 Å². The lowest BCUT2D eigenvalue weighted by atomic mass is 9.92. The van der Waals surface area contributed by atoms with E-state index in [0.717, 1.165) is 10.5 Å². The largest absolute Gasteiger partial charge is 0.460 e. The van der Waals surface area contributed by atoms with Crippen LogP contribution in [0.25, 0.3) is 0 Å². The van der Waals surface area contributed by atoms with E-state index in [2.05, 4.69) is 0 Å². The lowest BCUT2D eigenvalue weighted by Crippen LogP contribution is -2.43. The van der Waals surface area contributed by atoms with Crippen molar-refractivity contribution in [2.45, 2.75) is 72.1 Å². The maximum atomic E-state index is 13.2. The van der Waals surface area contributed by atoms with E-state index in [4.69, 9.17) is 9.47 Å². The molecule has 0 spiro atoms. The van der Waals surface area contributed by atoms with Gasteiger partial charge in [0.05, 0.1) is 12.5 Å². The average Bonchev–Trinajstić information content (AvgIpc) is 2.87. The summed E-state index contributed by atoms with van der Waals surface area (Å²) in [6, 6.07) is 8.90. The van der Waals surface area contributed by atoms with Crippen LogP contribution in [-0.2, 0) is 19.1 Å². The van der Waals surface area contributed by atoms with Crippen LogP contribution in [0.2, 0.25) is 0 Å². The number of cyclic esters (lactones) is 1. The zero-order chi connectivity index (χ0) is 21.1. The van der Waals surface area contributed by atoms with E-state index in [-0.39, 0.29) is 18.2 Å². The topological polar surface area (TPSA) is 72.9 Å². The van der Waals surface area contributed by atoms with Crippen LogP contribution in [0, 0.1) is 11.8 Å². The van der Waals surface area contributed by atoms with Crippen LogP contribution in [0.1, 0.15) is 66.1 Å². The lowest BCUT2D eigenvalue weighted by molar-refractivity contribution is -0.158. The Kier molecular flexibility index (Phi) is 6.86. The molecular formula is C22H31NO5. The fourth-order valence-electron chi connectivity index (χ4n) is 3.47. The van der Waals surface area contributed by atoms with Gasteiger partial charge in [-0.3, -0.25) is 9.59 Å². The van der Waals surface area contributed by atoms with Crippen molar-refractivity contribution in [2.75, 3.05) is 0 Å². The number of carbonyl (C=O) groups excluding carboxylic acids is 3. The summed E-state index contributed by atoms with van der Waals surface area (Å²) in [6.07, 6.45) is -0.742. The SMILES string of the molecule is CC(C)CC(CC(=O)OC(C)(C)C)C(=O)N1C(=O)OC(c2ccccc2)C1C. The zero-order valence-electron chi connectivity index (χ0n) is 17.6. The molecule has 3 unspecified atom stereocenters. The third-order valence-electron chi connectivity index (χ3n) is 4.57. The van der Waals surface area contributed by atoms with Gasteiger partial charge >= 0.3 is 12.1 Å². The van der Waals surface area contributed by atoms with Crippen molar-refractivity contribution in [3.63, 3.8) is 0 Å². The first kappa shape index (κ1) is 21.9. The molecule has 1 fully saturated rings. The summed E-state index contributed by atoms with van der Waals surface area (Å²) in [5.74, 6) is -1.25. The van der Waals surface area contributed by atoms with E-state index >= 15 is 0 Å². The van der Waals surface area contributed by atoms with Gasteiger partial charge in [-0.2, -0.15) is 0 Å². The molecule has 0 bridgehead atoms. The smallest absolute Gasteiger partial charge is 0.417 e. The Morgan fingerprint density at radius 2 is 1.79 bits per heavy atom. The van der Waals surface area contributed by atoms with Crippen LogP contribution in [0.4, 0.5) is 4.79 Å². The molecule has 6 heteroatoms. The van der Waals surface area contributed by atoms with Crippen molar-refractivity contribution in [3.05, 3.63) is 35.9 Å². The molecule has 0 aromatic heterocycles. The normalized spacial score (nSPS) is 20.8. The minimum Gasteiger partial charge on any atom is -0.460 e. The number of esters is 1. The van der Waals surface area contributed by atoms with Crippen molar-refractivity contribution >= 4 is 18.0 Å². The molecule has 1 aromatic rings. The van der Waals surface area contributed by atoms with E-state index in [1.165, 1.54) is 0 Å². The highest BCUT2D eigenvalue weighted by molar-refractivity contribution is 5.96. The van der Waals surface area contributed by atoms with Crippen molar-refractivity contribution < 1.29 is 23.9 Å². The number of ether oxygens (including phenoxy) is 2. The van der Waals surface area contributed by atoms with Gasteiger partial charge < -0.3 is 9.47 Å². The molecule has 0 N–H and O–H groups in total. The number of amides is 2. The first-order chi connectivity index (χ1) is 13.0. The van der Waals surface area contributed by atoms with Crippen LogP contribution in [0.15, 0.2) is 30.3 Å². The van der Waals surface area contributed by atoms with Gasteiger partial charge in [0.1, 0.15) is 11.7 Å². The first-order valence-electron chi connectivity index (χ1n) is 9.80. The summed E-state index contributed by atoms with van der Waals surface area (Å²) in [4.78, 5) is 39.1. The highest BCUT2D eigenvalue weighted by Gasteiger charge is 2.45. The third kappa shape index (κ3) is 5.57. The van der Waals surface area contributed by atoms with E-state index in [9.17, 15) is 14.4 Å². The third-order valence-corrected chi connectivity index (χ3v) is 4.57. The maximum absolute atomic E-state index is 13.2. The number of hydrogen-bond acceptors (Lipinski definition) is 5. The van der Waals surface area contributed by atoms with E-state index in [1.807, 2.05) is 44.2 Å². The molecule has 28 heavy (non-hydrogen) atoms. The molecule has 0 saturated carbocycles. The Labute approximate surface area is 167 Å². The Balaban J connectivity index is 2.18. The first-order valence-corrected chi connectivity index (χ1v) is 9.80. The molecule has 1 aliphatic rings. The second kappa shape index (κ2) is 8.76. The molecule has 0 aliphatic carbocycles. The van der Waals surface area contributed by atoms with Gasteiger partial charge in [-0.15, -0.1) is 0 Å². The molecule has 1 saturated heterocycles. The number of hydrogen-bond donors (Lipinski definition) is 0. The minimum atomic E-state index is -0.663. The Morgan fingerprint density at radius 3 is 2.32 bits per heavy atom. The fourth-order valence-corrected chi connectivity index (χ4v) is 3.47. The predicted octanol–water partition coefficient (Wildman–Crippen LogP) is 4.49. The summed E-state index contributed by atoms with van der Waals surface area (Å²) < 4.78 is 10.9. The molecule has 1 heterocycles. The molecule has 1 aliphatic heterocycles. The monoisotopic (exact) mass is 389 g/mol. The van der Waals surface area contributed by atoms with Crippen molar-refractivity contribution in [1.82, 2.24) is 4.90 Å². The van der Waals surface area contributed by atoms with Crippen LogP contribution in [0.5, 0.6) is 0 Å². The fraction of sp³-hybridized carbons (Fsp3) is 0.591. The Bertz CT molecular complexity index is 707. The summed E-state index contributed by atoms with van der Waals surface area (Å²) in [6.45, 7) is 11.1. The maximum Gasteiger partial charge on any atom is 0.417 e. The van der Waals surface area contributed by atoms with Crippen LogP contribution < -0.4 is 0 Å². The molecule has 2 rings (SSSR count). The van der Waals surface area contributed by atoms with Crippen LogP contribution >= 0.6 is 0 Å². The number of nitrogens with zero attached hydrogens (tertiary/aromatic N) is 1. The van der Waals surface area contributed by atoms with E-state index in [0.29, 0.717) is 6.42 Å². The quantitative estimate of drug-likeness (QED) is 0.670. The molecule has 0 radical (unpaired) electrons. The molecule has 6 nitrogen and oxygen atoms in total. The highest BCUT2D eigenvalue weighted by Crippen LogP contribution is 2.34. The minimum absolute atomic E-state index is 0.0548. The van der Waals surface area contributed by atoms with Gasteiger partial charge in [-0.05, 0) is 45.6 Å². The van der Waals surface area contributed by atoms with Gasteiger partial charge in [0, 0.05) is 5.92 Å². The van der Waals surface area contributed by atoms with Gasteiger partial charge in [-0.1, -0.05) is 44.2 Å². The van der Waals surface area contributed by atoms with Crippen LogP contribution in [-0.4, -0.2) is 34.5 Å². The number of carbonyl (C=O) groups is 3. The van der Waals surface area contributed by atoms with Crippen molar-refractivity contribution in [1.29, 1.82) is 0 Å². The summed E-state index contributed by atoms with van der Waals surface area (Å²) >= 11 is 0. The second-order valence-electron chi connectivity index (χ2n) is 8.78. The number of imide groups is 1. The lowest BCUT2D eigenvalue weighted by Gasteiger charge is -2.26. The van der Waals surface area contributed by atoms with Gasteiger partial charge in [0.25, 0.3) is 0 Å². The summed E-state index contributed by atoms with van der Waals surface area (Å²) in [5, 5.41) is 0. The summed E-state index contributed by atoms with van der Waals surface area (Å²) in [5.41, 5.74) is 0.215. The van der Waals surface area contributed by atoms with Crippen molar-refractivity contribution in [3.8, 4) is 0 Å². The Hall–Kier alpha value is -2.37. The second-order valence-corrected chi connectivity index (χ2v) is 8.78. The Morgan fingerprint density at radius 1 is 1.18 bits per heavy atom. The van der Waals surface area contributed by atoms with Gasteiger partial charge in [0.2, 0.25) is 5.91 Å². The summed E-state index contributed by atoms with van der Waals surface area (Å²) in [7, 11) is 0. The van der Waals surface area contributed by atoms with Gasteiger partial charge in [-0.25, -0.2) is 9.69 Å². The van der Waals surface area contributed by atoms with Crippen molar-refractivity contribution in [2.24, 2.45) is 11.8 Å². The molecule has 1 aromatic carbocycles. The van der Waals surface area contributed by atoms with Gasteiger partial charge in [0.15, 0.2) is 0 Å². The standard InChI is InChI=1S/C22H31NO5/c1-14(2)12-17(13-18(24)28-22(4,5)6)20(25)23-15(3)19(27-21(23)26)16-10-8-7-9-11-16/h7-11,14-15,17,19H,12-13H2,1-6H3. The molecule has 2 amide bonds. The highest BCUT2D eigenvalue weighted by atomic mass is 16.6. The average molecular weight is 389 g/mol. The number of rotatable bonds is 6. The van der Waals surface area contributed by atoms with E-state index < -0.39 is 35.7 Å². The molecule has 3 atom stereocenters. The molecule has 154 valence electrons. The number of benzene rings is 1. The van der Waals surface area contributed by atoms with Crippen LogP contribution in [0.3, 0.4) is 0 Å². The predicted molar refractivity (Wildman–Crippen MR) is 105 cm³/mol.